The maximum atomic E-state index is 11.0. The topological polar surface area (TPSA) is 42.2 Å². The van der Waals surface area contributed by atoms with Gasteiger partial charge in [-0.2, -0.15) is 0 Å². The fourth-order valence-electron chi connectivity index (χ4n) is 2.11. The van der Waals surface area contributed by atoms with Crippen LogP contribution in [-0.4, -0.2) is 15.6 Å². The van der Waals surface area contributed by atoms with Crippen molar-refractivity contribution in [2.24, 2.45) is 0 Å². The van der Waals surface area contributed by atoms with E-state index in [1.807, 2.05) is 37.5 Å². The lowest BCUT2D eigenvalue weighted by Crippen LogP contribution is -2.01. The van der Waals surface area contributed by atoms with Crippen molar-refractivity contribution in [2.75, 3.05) is 0 Å². The molecular formula is C14H15NO2. The molecule has 0 spiro atoms. The maximum absolute atomic E-state index is 11.0. The van der Waals surface area contributed by atoms with Gasteiger partial charge in [0.15, 0.2) is 0 Å². The van der Waals surface area contributed by atoms with Gasteiger partial charge in [0.2, 0.25) is 0 Å². The zero-order valence-electron chi connectivity index (χ0n) is 10.2. The molecule has 88 valence electrons. The van der Waals surface area contributed by atoms with Crippen LogP contribution in [0.1, 0.15) is 27.2 Å². The molecule has 0 aliphatic carbocycles. The second-order valence-corrected chi connectivity index (χ2v) is 4.34. The molecule has 2 rings (SSSR count). The lowest BCUT2D eigenvalue weighted by atomic mass is 10.1. The summed E-state index contributed by atoms with van der Waals surface area (Å²) in [5.74, 6) is -0.884. The molecule has 3 nitrogen and oxygen atoms in total. The van der Waals surface area contributed by atoms with Gasteiger partial charge in [0.1, 0.15) is 0 Å². The number of nitrogens with zero attached hydrogens (tertiary/aromatic N) is 1. The highest BCUT2D eigenvalue weighted by molar-refractivity contribution is 5.89. The minimum Gasteiger partial charge on any atom is -0.478 e. The monoisotopic (exact) mass is 229 g/mol. The van der Waals surface area contributed by atoms with Gasteiger partial charge in [0.05, 0.1) is 5.56 Å². The molecule has 1 aromatic carbocycles. The summed E-state index contributed by atoms with van der Waals surface area (Å²) < 4.78 is 1.91. The second-order valence-electron chi connectivity index (χ2n) is 4.34. The molecule has 0 aliphatic heterocycles. The van der Waals surface area contributed by atoms with Gasteiger partial charge in [-0.25, -0.2) is 4.79 Å². The highest BCUT2D eigenvalue weighted by atomic mass is 16.4. The van der Waals surface area contributed by atoms with Crippen molar-refractivity contribution in [1.29, 1.82) is 0 Å². The van der Waals surface area contributed by atoms with Gasteiger partial charge in [-0.15, -0.1) is 0 Å². The van der Waals surface area contributed by atoms with Crippen LogP contribution in [-0.2, 0) is 0 Å². The zero-order valence-corrected chi connectivity index (χ0v) is 10.2. The fourth-order valence-corrected chi connectivity index (χ4v) is 2.11. The van der Waals surface area contributed by atoms with Crippen LogP contribution in [0.4, 0.5) is 0 Å². The van der Waals surface area contributed by atoms with E-state index >= 15 is 0 Å². The van der Waals surface area contributed by atoms with E-state index in [0.29, 0.717) is 5.56 Å². The number of carbonyl (C=O) groups is 1. The van der Waals surface area contributed by atoms with Gasteiger partial charge in [0, 0.05) is 17.6 Å². The molecule has 17 heavy (non-hydrogen) atoms. The summed E-state index contributed by atoms with van der Waals surface area (Å²) in [5.41, 5.74) is 4.45. The number of hydrogen-bond acceptors (Lipinski definition) is 1. The van der Waals surface area contributed by atoms with Gasteiger partial charge >= 0.3 is 5.97 Å². The van der Waals surface area contributed by atoms with E-state index in [4.69, 9.17) is 5.11 Å². The number of aromatic carboxylic acids is 1. The number of hydrogen-bond donors (Lipinski definition) is 1. The predicted octanol–water partition coefficient (Wildman–Crippen LogP) is 3.10. The average Bonchev–Trinajstić information content (AvgIpc) is 2.58. The number of carboxylic acids is 1. The number of carboxylic acid groups (broad SMARTS) is 1. The number of rotatable bonds is 2. The van der Waals surface area contributed by atoms with Crippen LogP contribution in [0.3, 0.4) is 0 Å². The Hall–Kier alpha value is -2.03. The minimum absolute atomic E-state index is 0.351. The Morgan fingerprint density at radius 1 is 1.12 bits per heavy atom. The maximum Gasteiger partial charge on any atom is 0.337 e. The van der Waals surface area contributed by atoms with Gasteiger partial charge in [-0.05, 0) is 50.1 Å². The first-order valence-corrected chi connectivity index (χ1v) is 5.49. The molecule has 3 heteroatoms. The first-order valence-electron chi connectivity index (χ1n) is 5.49. The molecule has 0 bridgehead atoms. The third-order valence-corrected chi connectivity index (χ3v) is 2.86. The first-order chi connectivity index (χ1) is 7.99. The van der Waals surface area contributed by atoms with Crippen molar-refractivity contribution in [1.82, 2.24) is 4.57 Å². The van der Waals surface area contributed by atoms with Gasteiger partial charge < -0.3 is 9.67 Å². The summed E-state index contributed by atoms with van der Waals surface area (Å²) >= 11 is 0. The number of aromatic nitrogens is 1. The van der Waals surface area contributed by atoms with E-state index in [1.54, 1.807) is 12.3 Å². The van der Waals surface area contributed by atoms with Crippen LogP contribution >= 0.6 is 0 Å². The Morgan fingerprint density at radius 2 is 1.71 bits per heavy atom. The van der Waals surface area contributed by atoms with E-state index in [-0.39, 0.29) is 0 Å². The van der Waals surface area contributed by atoms with Crippen LogP contribution in [0.2, 0.25) is 0 Å². The highest BCUT2D eigenvalue weighted by Crippen LogP contribution is 2.19. The van der Waals surface area contributed by atoms with E-state index in [0.717, 1.165) is 11.4 Å². The molecule has 0 amide bonds. The molecule has 0 saturated carbocycles. The Balaban J connectivity index is 2.57. The standard InChI is InChI=1S/C14H15NO2/c1-9-6-10(2)8-12(7-9)15-5-4-13(11(15)3)14(16)17/h4-8H,1-3H3,(H,16,17). The van der Waals surface area contributed by atoms with E-state index in [9.17, 15) is 4.79 Å². The molecule has 0 aliphatic rings. The Kier molecular flexibility index (Phi) is 2.76. The van der Waals surface area contributed by atoms with Crippen molar-refractivity contribution >= 4 is 5.97 Å². The van der Waals surface area contributed by atoms with E-state index in [1.165, 1.54) is 11.1 Å². The van der Waals surface area contributed by atoms with Crippen LogP contribution < -0.4 is 0 Å². The molecule has 0 fully saturated rings. The Bertz CT molecular complexity index is 562. The highest BCUT2D eigenvalue weighted by Gasteiger charge is 2.12. The van der Waals surface area contributed by atoms with Gasteiger partial charge in [-0.3, -0.25) is 0 Å². The normalized spacial score (nSPS) is 10.5. The molecule has 2 aromatic rings. The summed E-state index contributed by atoms with van der Waals surface area (Å²) in [6.07, 6.45) is 1.80. The zero-order chi connectivity index (χ0) is 12.6. The summed E-state index contributed by atoms with van der Waals surface area (Å²) in [5, 5.41) is 9.02. The largest absolute Gasteiger partial charge is 0.478 e. The SMILES string of the molecule is Cc1cc(C)cc(-n2ccc(C(=O)O)c2C)c1. The average molecular weight is 229 g/mol. The summed E-state index contributed by atoms with van der Waals surface area (Å²) in [7, 11) is 0. The summed E-state index contributed by atoms with van der Waals surface area (Å²) in [4.78, 5) is 11.0. The predicted molar refractivity (Wildman–Crippen MR) is 66.9 cm³/mol. The second kappa shape index (κ2) is 4.09. The molecule has 0 unspecified atom stereocenters. The minimum atomic E-state index is -0.884. The lowest BCUT2D eigenvalue weighted by Gasteiger charge is -2.09. The van der Waals surface area contributed by atoms with Crippen molar-refractivity contribution in [2.45, 2.75) is 20.8 Å². The molecule has 0 radical (unpaired) electrons. The van der Waals surface area contributed by atoms with Crippen LogP contribution in [0.15, 0.2) is 30.5 Å². The molecule has 0 saturated heterocycles. The quantitative estimate of drug-likeness (QED) is 0.859. The summed E-state index contributed by atoms with van der Waals surface area (Å²) in [6.45, 7) is 5.89. The molecule has 0 atom stereocenters. The Morgan fingerprint density at radius 3 is 2.18 bits per heavy atom. The van der Waals surface area contributed by atoms with Crippen LogP contribution in [0.5, 0.6) is 0 Å². The first kappa shape index (κ1) is 11.5. The lowest BCUT2D eigenvalue weighted by molar-refractivity contribution is 0.0696. The summed E-state index contributed by atoms with van der Waals surface area (Å²) in [6, 6.07) is 7.83. The molecular weight excluding hydrogens is 214 g/mol. The van der Waals surface area contributed by atoms with E-state index < -0.39 is 5.97 Å². The fraction of sp³-hybridized carbons (Fsp3) is 0.214. The van der Waals surface area contributed by atoms with Gasteiger partial charge in [0.25, 0.3) is 0 Å². The van der Waals surface area contributed by atoms with Gasteiger partial charge in [-0.1, -0.05) is 6.07 Å². The van der Waals surface area contributed by atoms with Crippen LogP contribution in [0.25, 0.3) is 5.69 Å². The molecule has 1 N–H and O–H groups in total. The van der Waals surface area contributed by atoms with Crippen molar-refractivity contribution in [3.05, 3.63) is 52.8 Å². The van der Waals surface area contributed by atoms with Crippen LogP contribution in [0, 0.1) is 20.8 Å². The van der Waals surface area contributed by atoms with Crippen molar-refractivity contribution in [3.8, 4) is 5.69 Å². The van der Waals surface area contributed by atoms with Crippen molar-refractivity contribution < 1.29 is 9.90 Å². The third kappa shape index (κ3) is 2.09. The Labute approximate surface area is 100 Å². The number of aryl methyl sites for hydroxylation is 2. The van der Waals surface area contributed by atoms with Crippen molar-refractivity contribution in [3.63, 3.8) is 0 Å². The third-order valence-electron chi connectivity index (χ3n) is 2.86. The molecule has 1 heterocycles. The molecule has 1 aromatic heterocycles. The smallest absolute Gasteiger partial charge is 0.337 e. The number of benzene rings is 1. The van der Waals surface area contributed by atoms with E-state index in [2.05, 4.69) is 6.07 Å².